The van der Waals surface area contributed by atoms with Gasteiger partial charge in [-0.15, -0.1) is 0 Å². The van der Waals surface area contributed by atoms with E-state index in [-0.39, 0.29) is 49.1 Å². The van der Waals surface area contributed by atoms with Gasteiger partial charge in [0.25, 0.3) is 5.91 Å². The normalized spacial score (nSPS) is 17.5. The summed E-state index contributed by atoms with van der Waals surface area (Å²) in [6, 6.07) is 16.3. The molecule has 3 aromatic carbocycles. The van der Waals surface area contributed by atoms with Crippen molar-refractivity contribution in [3.63, 3.8) is 0 Å². The van der Waals surface area contributed by atoms with Crippen molar-refractivity contribution in [1.82, 2.24) is 20.9 Å². The van der Waals surface area contributed by atoms with Crippen molar-refractivity contribution in [2.45, 2.75) is 37.8 Å². The molecule has 0 aliphatic carbocycles. The van der Waals surface area contributed by atoms with Crippen LogP contribution in [-0.2, 0) is 27.2 Å². The number of para-hydroxylation sites is 1. The lowest BCUT2D eigenvalue weighted by atomic mass is 10.0. The molecule has 4 rings (SSSR count). The summed E-state index contributed by atoms with van der Waals surface area (Å²) >= 11 is 0. The number of benzene rings is 3. The second-order valence-corrected chi connectivity index (χ2v) is 10.9. The Morgan fingerprint density at radius 2 is 1.70 bits per heavy atom. The van der Waals surface area contributed by atoms with Gasteiger partial charge in [0.1, 0.15) is 30.2 Å². The van der Waals surface area contributed by atoms with Gasteiger partial charge in [0.2, 0.25) is 17.7 Å². The summed E-state index contributed by atoms with van der Waals surface area (Å²) in [5, 5.41) is 17.9. The Labute approximate surface area is 268 Å². The van der Waals surface area contributed by atoms with Gasteiger partial charge in [-0.25, -0.2) is 0 Å². The van der Waals surface area contributed by atoms with Crippen LogP contribution in [0.2, 0.25) is 0 Å². The van der Waals surface area contributed by atoms with Gasteiger partial charge >= 0.3 is 0 Å². The number of aromatic hydroxyl groups is 1. The molecule has 46 heavy (non-hydrogen) atoms. The molecule has 0 fully saturated rings. The van der Waals surface area contributed by atoms with Crippen LogP contribution in [0.1, 0.15) is 34.3 Å². The summed E-state index contributed by atoms with van der Waals surface area (Å²) in [6.45, 7) is 0.578. The van der Waals surface area contributed by atoms with Gasteiger partial charge in [-0.3, -0.25) is 19.2 Å². The predicted molar refractivity (Wildman–Crippen MR) is 170 cm³/mol. The average Bonchev–Trinajstić information content (AvgIpc) is 3.06. The van der Waals surface area contributed by atoms with E-state index in [0.717, 1.165) is 5.56 Å². The molecule has 0 bridgehead atoms. The highest BCUT2D eigenvalue weighted by Crippen LogP contribution is 2.28. The number of carbonyl (C=O) groups is 4. The second kappa shape index (κ2) is 16.2. The quantitative estimate of drug-likeness (QED) is 0.262. The van der Waals surface area contributed by atoms with E-state index < -0.39 is 36.2 Å². The minimum Gasteiger partial charge on any atom is -0.508 e. The van der Waals surface area contributed by atoms with Crippen molar-refractivity contribution in [3.05, 3.63) is 83.4 Å². The van der Waals surface area contributed by atoms with E-state index >= 15 is 0 Å². The number of nitrogens with zero attached hydrogens (tertiary/aromatic N) is 1. The fourth-order valence-corrected chi connectivity index (χ4v) is 5.06. The molecule has 4 N–H and O–H groups in total. The first-order valence-corrected chi connectivity index (χ1v) is 15.0. The number of methoxy groups -OCH3 is 2. The van der Waals surface area contributed by atoms with E-state index in [4.69, 9.17) is 14.2 Å². The topological polar surface area (TPSA) is 156 Å². The number of hydrogen-bond donors (Lipinski definition) is 4. The van der Waals surface area contributed by atoms with Crippen molar-refractivity contribution in [3.8, 4) is 23.0 Å². The van der Waals surface area contributed by atoms with E-state index in [1.807, 2.05) is 18.2 Å². The average molecular weight is 633 g/mol. The van der Waals surface area contributed by atoms with Crippen LogP contribution < -0.4 is 30.2 Å². The highest BCUT2D eigenvalue weighted by atomic mass is 16.5. The third-order valence-corrected chi connectivity index (χ3v) is 7.60. The number of carbonyl (C=O) groups excluding carboxylic acids is 4. The highest BCUT2D eigenvalue weighted by molar-refractivity contribution is 6.01. The molecule has 0 saturated carbocycles. The molecule has 1 heterocycles. The van der Waals surface area contributed by atoms with E-state index in [9.17, 15) is 24.3 Å². The molecular formula is C34H40N4O8. The second-order valence-electron chi connectivity index (χ2n) is 10.9. The predicted octanol–water partition coefficient (Wildman–Crippen LogP) is 2.23. The van der Waals surface area contributed by atoms with Gasteiger partial charge in [0, 0.05) is 20.0 Å². The molecule has 0 aromatic heterocycles. The third-order valence-electron chi connectivity index (χ3n) is 7.60. The summed E-state index contributed by atoms with van der Waals surface area (Å²) in [7, 11) is 4.73. The van der Waals surface area contributed by atoms with Crippen LogP contribution in [-0.4, -0.2) is 86.7 Å². The number of aryl methyl sites for hydroxylation is 1. The maximum absolute atomic E-state index is 13.5. The lowest BCUT2D eigenvalue weighted by molar-refractivity contribution is -0.136. The zero-order chi connectivity index (χ0) is 33.1. The van der Waals surface area contributed by atoms with E-state index in [0.29, 0.717) is 29.9 Å². The Hall–Kier alpha value is -5.26. The molecule has 2 atom stereocenters. The number of amides is 4. The summed E-state index contributed by atoms with van der Waals surface area (Å²) in [4.78, 5) is 55.0. The van der Waals surface area contributed by atoms with Crippen LogP contribution >= 0.6 is 0 Å². The molecule has 0 saturated heterocycles. The largest absolute Gasteiger partial charge is 0.508 e. The van der Waals surface area contributed by atoms with Crippen LogP contribution in [0.15, 0.2) is 66.7 Å². The first-order valence-electron chi connectivity index (χ1n) is 15.0. The first-order chi connectivity index (χ1) is 22.2. The monoisotopic (exact) mass is 632 g/mol. The van der Waals surface area contributed by atoms with E-state index in [1.54, 1.807) is 57.7 Å². The third kappa shape index (κ3) is 9.13. The fourth-order valence-electron chi connectivity index (χ4n) is 5.06. The molecule has 12 nitrogen and oxygen atoms in total. The van der Waals surface area contributed by atoms with Crippen LogP contribution in [0.4, 0.5) is 0 Å². The summed E-state index contributed by atoms with van der Waals surface area (Å²) in [6.07, 6.45) is 0.968. The van der Waals surface area contributed by atoms with Crippen molar-refractivity contribution in [2.24, 2.45) is 0 Å². The SMILES string of the molecule is COc1ccc(CCCNC(=O)[C@@H]2CC(=O)N[C@@H](Cc3ccc(O)cc3)C(=O)N(C)CCOc3ccccc3C(=O)N2)cc1OC. The smallest absolute Gasteiger partial charge is 0.255 e. The van der Waals surface area contributed by atoms with Gasteiger partial charge in [-0.2, -0.15) is 0 Å². The molecular weight excluding hydrogens is 592 g/mol. The maximum Gasteiger partial charge on any atom is 0.255 e. The number of ether oxygens (including phenoxy) is 3. The molecule has 3 aromatic rings. The van der Waals surface area contributed by atoms with Crippen LogP contribution in [0.3, 0.4) is 0 Å². The Morgan fingerprint density at radius 1 is 0.978 bits per heavy atom. The Bertz CT molecular complexity index is 1530. The van der Waals surface area contributed by atoms with Gasteiger partial charge in [-0.1, -0.05) is 30.3 Å². The number of nitrogens with one attached hydrogen (secondary N) is 3. The number of phenols is 1. The first kappa shape index (κ1) is 33.6. The number of phenolic OH excluding ortho intramolecular Hbond substituents is 1. The van der Waals surface area contributed by atoms with Gasteiger partial charge in [0.15, 0.2) is 11.5 Å². The highest BCUT2D eigenvalue weighted by Gasteiger charge is 2.30. The van der Waals surface area contributed by atoms with Gasteiger partial charge < -0.3 is 40.2 Å². The van der Waals surface area contributed by atoms with Gasteiger partial charge in [0.05, 0.1) is 32.7 Å². The van der Waals surface area contributed by atoms with Crippen molar-refractivity contribution in [1.29, 1.82) is 0 Å². The Balaban J connectivity index is 1.50. The van der Waals surface area contributed by atoms with E-state index in [1.165, 1.54) is 17.0 Å². The minimum atomic E-state index is -1.23. The fraction of sp³-hybridized carbons (Fsp3) is 0.353. The lowest BCUT2D eigenvalue weighted by Gasteiger charge is -2.27. The molecule has 4 amide bonds. The van der Waals surface area contributed by atoms with Crippen LogP contribution in [0.5, 0.6) is 23.0 Å². The zero-order valence-electron chi connectivity index (χ0n) is 26.2. The van der Waals surface area contributed by atoms with Crippen molar-refractivity contribution in [2.75, 3.05) is 41.0 Å². The van der Waals surface area contributed by atoms with E-state index in [2.05, 4.69) is 16.0 Å². The molecule has 1 aliphatic rings. The van der Waals surface area contributed by atoms with Crippen LogP contribution in [0, 0.1) is 0 Å². The Morgan fingerprint density at radius 3 is 2.43 bits per heavy atom. The number of fused-ring (bicyclic) bond motifs is 1. The summed E-state index contributed by atoms with van der Waals surface area (Å²) in [5.41, 5.74) is 1.90. The molecule has 0 unspecified atom stereocenters. The molecule has 12 heteroatoms. The van der Waals surface area contributed by atoms with Gasteiger partial charge in [-0.05, 0) is 60.4 Å². The summed E-state index contributed by atoms with van der Waals surface area (Å²) < 4.78 is 16.5. The summed E-state index contributed by atoms with van der Waals surface area (Å²) in [5.74, 6) is -0.461. The molecule has 0 spiro atoms. The lowest BCUT2D eigenvalue weighted by Crippen LogP contribution is -2.53. The molecule has 1 aliphatic heterocycles. The zero-order valence-corrected chi connectivity index (χ0v) is 26.2. The molecule has 244 valence electrons. The minimum absolute atomic E-state index is 0.0768. The Kier molecular flexibility index (Phi) is 11.8. The van der Waals surface area contributed by atoms with Crippen LogP contribution in [0.25, 0.3) is 0 Å². The number of likely N-dealkylation sites (N-methyl/N-ethyl adjacent to an activating group) is 1. The van der Waals surface area contributed by atoms with Crippen molar-refractivity contribution >= 4 is 23.6 Å². The molecule has 0 radical (unpaired) electrons. The number of hydrogen-bond acceptors (Lipinski definition) is 8. The maximum atomic E-state index is 13.5. The number of rotatable bonds is 9. The van der Waals surface area contributed by atoms with Crippen molar-refractivity contribution < 1.29 is 38.5 Å². The standard InChI is InChI=1S/C34H40N4O8/c1-38-17-18-46-28-9-5-4-8-25(28)32(41)37-26(21-31(40)36-27(34(38)43)19-23-10-13-24(39)14-11-23)33(42)35-16-6-7-22-12-15-29(44-2)30(20-22)45-3/h4-5,8-15,20,26-27,39H,6-7,16-19,21H2,1-3H3,(H,35,42)(H,36,40)(H,37,41)/t26-,27-/m0/s1.